The normalized spacial score (nSPS) is 11.4. The molecule has 0 aliphatic rings. The number of carbonyl (C=O) groups is 1. The monoisotopic (exact) mass is 296 g/mol. The van der Waals surface area contributed by atoms with Crippen LogP contribution in [0.15, 0.2) is 18.2 Å². The van der Waals surface area contributed by atoms with Crippen molar-refractivity contribution >= 4 is 17.3 Å². The summed E-state index contributed by atoms with van der Waals surface area (Å²) in [5.74, 6) is -0.610. The molecule has 0 aromatic heterocycles. The van der Waals surface area contributed by atoms with Gasteiger partial charge in [-0.2, -0.15) is 0 Å². The Balaban J connectivity index is 2.18. The van der Waals surface area contributed by atoms with Crippen molar-refractivity contribution in [2.24, 2.45) is 5.41 Å². The van der Waals surface area contributed by atoms with E-state index in [1.54, 1.807) is 0 Å². The summed E-state index contributed by atoms with van der Waals surface area (Å²) in [5.41, 5.74) is 6.24. The van der Waals surface area contributed by atoms with E-state index >= 15 is 0 Å². The second-order valence-corrected chi connectivity index (χ2v) is 6.31. The van der Waals surface area contributed by atoms with Gasteiger partial charge in [-0.25, -0.2) is 4.39 Å². The number of amides is 1. The summed E-state index contributed by atoms with van der Waals surface area (Å²) in [6, 6.07) is 4.14. The molecular formula is C16H25FN2O2. The third kappa shape index (κ3) is 7.66. The van der Waals surface area contributed by atoms with Gasteiger partial charge in [-0.05, 0) is 36.5 Å². The predicted octanol–water partition coefficient (Wildman–Crippen LogP) is 3.58. The molecule has 118 valence electrons. The molecule has 1 aromatic rings. The van der Waals surface area contributed by atoms with E-state index in [0.29, 0.717) is 31.7 Å². The molecule has 5 heteroatoms. The summed E-state index contributed by atoms with van der Waals surface area (Å²) in [7, 11) is 0. The number of anilines is 2. The molecule has 0 radical (unpaired) electrons. The summed E-state index contributed by atoms with van der Waals surface area (Å²) in [6.07, 6.45) is 2.02. The van der Waals surface area contributed by atoms with Gasteiger partial charge in [-0.1, -0.05) is 20.8 Å². The van der Waals surface area contributed by atoms with Crippen LogP contribution in [-0.2, 0) is 9.53 Å². The number of halogens is 1. The predicted molar refractivity (Wildman–Crippen MR) is 83.6 cm³/mol. The molecule has 3 N–H and O–H groups in total. The lowest BCUT2D eigenvalue weighted by Crippen LogP contribution is -2.13. The van der Waals surface area contributed by atoms with Crippen LogP contribution in [0.1, 0.15) is 40.0 Å². The van der Waals surface area contributed by atoms with Crippen LogP contribution >= 0.6 is 0 Å². The second kappa shape index (κ2) is 7.98. The molecule has 21 heavy (non-hydrogen) atoms. The van der Waals surface area contributed by atoms with Crippen molar-refractivity contribution in [3.8, 4) is 0 Å². The maximum absolute atomic E-state index is 13.0. The van der Waals surface area contributed by atoms with Crippen LogP contribution in [-0.4, -0.2) is 19.1 Å². The Morgan fingerprint density at radius 1 is 1.33 bits per heavy atom. The Morgan fingerprint density at radius 3 is 2.67 bits per heavy atom. The largest absolute Gasteiger partial charge is 0.396 e. The summed E-state index contributed by atoms with van der Waals surface area (Å²) in [5, 5.41) is 2.68. The van der Waals surface area contributed by atoms with Gasteiger partial charge in [0.15, 0.2) is 0 Å². The van der Waals surface area contributed by atoms with Crippen LogP contribution < -0.4 is 11.1 Å². The zero-order chi connectivity index (χ0) is 15.9. The summed E-state index contributed by atoms with van der Waals surface area (Å²) >= 11 is 0. The maximum Gasteiger partial charge on any atom is 0.224 e. The van der Waals surface area contributed by atoms with Crippen LogP contribution in [0, 0.1) is 11.2 Å². The standard InChI is InChI=1S/C16H25FN2O2/c1-16(2,3)8-10-21-9-4-5-15(20)19-12-6-7-13(17)14(18)11-12/h6-7,11H,4-5,8-10,18H2,1-3H3,(H,19,20). The topological polar surface area (TPSA) is 64.3 Å². The van der Waals surface area contributed by atoms with E-state index in [0.717, 1.165) is 6.42 Å². The minimum Gasteiger partial charge on any atom is -0.396 e. The second-order valence-electron chi connectivity index (χ2n) is 6.31. The lowest BCUT2D eigenvalue weighted by Gasteiger charge is -2.17. The highest BCUT2D eigenvalue weighted by atomic mass is 19.1. The number of nitrogen functional groups attached to an aromatic ring is 1. The molecule has 0 bridgehead atoms. The van der Waals surface area contributed by atoms with Crippen LogP contribution in [0.5, 0.6) is 0 Å². The molecule has 0 unspecified atom stereocenters. The Kier molecular flexibility index (Phi) is 6.62. The van der Waals surface area contributed by atoms with Crippen LogP contribution in [0.3, 0.4) is 0 Å². The molecule has 0 heterocycles. The first kappa shape index (κ1) is 17.4. The van der Waals surface area contributed by atoms with Crippen LogP contribution in [0.2, 0.25) is 0 Å². The molecule has 0 aliphatic carbocycles. The number of ether oxygens (including phenoxy) is 1. The van der Waals surface area contributed by atoms with Crippen LogP contribution in [0.4, 0.5) is 15.8 Å². The zero-order valence-corrected chi connectivity index (χ0v) is 13.0. The number of nitrogens with two attached hydrogens (primary N) is 1. The van der Waals surface area contributed by atoms with Gasteiger partial charge in [-0.15, -0.1) is 0 Å². The van der Waals surface area contributed by atoms with Crippen molar-refractivity contribution < 1.29 is 13.9 Å². The summed E-state index contributed by atoms with van der Waals surface area (Å²) in [6.45, 7) is 7.77. The van der Waals surface area contributed by atoms with E-state index in [2.05, 4.69) is 26.1 Å². The number of rotatable bonds is 7. The Labute approximate surface area is 125 Å². The first-order chi connectivity index (χ1) is 9.78. The third-order valence-electron chi connectivity index (χ3n) is 2.97. The highest BCUT2D eigenvalue weighted by Gasteiger charge is 2.09. The van der Waals surface area contributed by atoms with Crippen molar-refractivity contribution in [2.75, 3.05) is 24.3 Å². The van der Waals surface area contributed by atoms with Gasteiger partial charge in [0.1, 0.15) is 5.82 Å². The van der Waals surface area contributed by atoms with Crippen molar-refractivity contribution in [2.45, 2.75) is 40.0 Å². The molecule has 0 fully saturated rings. The molecule has 0 aliphatic heterocycles. The fourth-order valence-electron chi connectivity index (χ4n) is 1.66. The molecule has 0 saturated heterocycles. The first-order valence-electron chi connectivity index (χ1n) is 7.20. The van der Waals surface area contributed by atoms with E-state index in [9.17, 15) is 9.18 Å². The van der Waals surface area contributed by atoms with E-state index in [4.69, 9.17) is 10.5 Å². The lowest BCUT2D eigenvalue weighted by atomic mass is 9.93. The third-order valence-corrected chi connectivity index (χ3v) is 2.97. The number of carbonyl (C=O) groups excluding carboxylic acids is 1. The van der Waals surface area contributed by atoms with E-state index in [1.807, 2.05) is 0 Å². The smallest absolute Gasteiger partial charge is 0.224 e. The Morgan fingerprint density at radius 2 is 2.05 bits per heavy atom. The highest BCUT2D eigenvalue weighted by Crippen LogP contribution is 2.18. The fraction of sp³-hybridized carbons (Fsp3) is 0.562. The SMILES string of the molecule is CC(C)(C)CCOCCCC(=O)Nc1ccc(F)c(N)c1. The number of nitrogens with one attached hydrogen (secondary N) is 1. The van der Waals surface area contributed by atoms with Crippen molar-refractivity contribution in [3.05, 3.63) is 24.0 Å². The maximum atomic E-state index is 13.0. The molecule has 0 spiro atoms. The molecule has 1 aromatic carbocycles. The molecular weight excluding hydrogens is 271 g/mol. The highest BCUT2D eigenvalue weighted by molar-refractivity contribution is 5.91. The molecule has 0 atom stereocenters. The first-order valence-corrected chi connectivity index (χ1v) is 7.20. The average Bonchev–Trinajstić information content (AvgIpc) is 2.37. The minimum atomic E-state index is -0.486. The van der Waals surface area contributed by atoms with Gasteiger partial charge in [0.2, 0.25) is 5.91 Å². The van der Waals surface area contributed by atoms with E-state index in [-0.39, 0.29) is 17.0 Å². The van der Waals surface area contributed by atoms with Crippen molar-refractivity contribution in [1.82, 2.24) is 0 Å². The zero-order valence-electron chi connectivity index (χ0n) is 13.0. The number of benzene rings is 1. The van der Waals surface area contributed by atoms with Gasteiger partial charge < -0.3 is 15.8 Å². The van der Waals surface area contributed by atoms with Gasteiger partial charge in [0.05, 0.1) is 5.69 Å². The van der Waals surface area contributed by atoms with Crippen LogP contribution in [0.25, 0.3) is 0 Å². The number of hydrogen-bond donors (Lipinski definition) is 2. The fourth-order valence-corrected chi connectivity index (χ4v) is 1.66. The van der Waals surface area contributed by atoms with E-state index in [1.165, 1.54) is 18.2 Å². The van der Waals surface area contributed by atoms with Crippen molar-refractivity contribution in [1.29, 1.82) is 0 Å². The van der Waals surface area contributed by atoms with Crippen molar-refractivity contribution in [3.63, 3.8) is 0 Å². The minimum absolute atomic E-state index is 0.0262. The van der Waals surface area contributed by atoms with E-state index < -0.39 is 5.82 Å². The quantitative estimate of drug-likeness (QED) is 0.597. The Hall–Kier alpha value is -1.62. The molecule has 0 saturated carbocycles. The molecule has 4 nitrogen and oxygen atoms in total. The lowest BCUT2D eigenvalue weighted by molar-refractivity contribution is -0.116. The average molecular weight is 296 g/mol. The summed E-state index contributed by atoms with van der Waals surface area (Å²) < 4.78 is 18.5. The van der Waals surface area contributed by atoms with Gasteiger partial charge in [-0.3, -0.25) is 4.79 Å². The molecule has 1 amide bonds. The molecule has 1 rings (SSSR count). The van der Waals surface area contributed by atoms with Gasteiger partial charge >= 0.3 is 0 Å². The summed E-state index contributed by atoms with van der Waals surface area (Å²) in [4.78, 5) is 11.7. The Bertz CT molecular complexity index is 470. The number of hydrogen-bond acceptors (Lipinski definition) is 3. The van der Waals surface area contributed by atoms with Gasteiger partial charge in [0.25, 0.3) is 0 Å². The van der Waals surface area contributed by atoms with Gasteiger partial charge in [0, 0.05) is 25.3 Å².